The molecule has 37 heavy (non-hydrogen) atoms. The molecule has 0 spiro atoms. The lowest BCUT2D eigenvalue weighted by atomic mass is 9.94. The van der Waals surface area contributed by atoms with Gasteiger partial charge in [0.15, 0.2) is 11.5 Å². The number of ether oxygens (including phenoxy) is 3. The molecule has 1 aliphatic rings. The van der Waals surface area contributed by atoms with E-state index in [1.807, 2.05) is 32.9 Å². The predicted molar refractivity (Wildman–Crippen MR) is 143 cm³/mol. The number of carbonyl (C=O) groups is 2. The topological polar surface area (TPSA) is 85.3 Å². The van der Waals surface area contributed by atoms with Gasteiger partial charge in [-0.3, -0.25) is 14.5 Å². The van der Waals surface area contributed by atoms with Crippen LogP contribution in [0.4, 0.5) is 5.69 Å². The number of amides is 1. The Morgan fingerprint density at radius 2 is 1.68 bits per heavy atom. The lowest BCUT2D eigenvalue weighted by molar-refractivity contribution is -0.132. The van der Waals surface area contributed by atoms with E-state index in [0.717, 1.165) is 11.1 Å². The number of aliphatic hydroxyl groups excluding tert-OH is 1. The van der Waals surface area contributed by atoms with E-state index in [0.29, 0.717) is 40.1 Å². The second kappa shape index (κ2) is 10.6. The lowest BCUT2D eigenvalue weighted by Gasteiger charge is -2.28. The summed E-state index contributed by atoms with van der Waals surface area (Å²) in [6, 6.07) is 14.5. The molecule has 3 aromatic rings. The predicted octanol–water partition coefficient (Wildman–Crippen LogP) is 6.00. The minimum atomic E-state index is -0.950. The van der Waals surface area contributed by atoms with Crippen molar-refractivity contribution in [2.24, 2.45) is 0 Å². The molecular weight excluding hydrogens is 494 g/mol. The summed E-state index contributed by atoms with van der Waals surface area (Å²) < 4.78 is 16.6. The number of anilines is 1. The lowest BCUT2D eigenvalue weighted by Crippen LogP contribution is -2.30. The van der Waals surface area contributed by atoms with Gasteiger partial charge >= 0.3 is 0 Å². The smallest absolute Gasteiger partial charge is 0.300 e. The summed E-state index contributed by atoms with van der Waals surface area (Å²) in [7, 11) is 2.98. The zero-order chi connectivity index (χ0) is 26.9. The Balaban J connectivity index is 2.04. The number of methoxy groups -OCH3 is 2. The Hall–Kier alpha value is -3.97. The molecule has 0 saturated carbocycles. The fraction of sp³-hybridized carbons (Fsp3) is 0.241. The molecule has 1 N–H and O–H groups in total. The van der Waals surface area contributed by atoms with Crippen molar-refractivity contribution in [3.8, 4) is 17.2 Å². The molecule has 1 fully saturated rings. The Labute approximate surface area is 220 Å². The summed E-state index contributed by atoms with van der Waals surface area (Å²) in [5, 5.41) is 11.9. The van der Waals surface area contributed by atoms with Gasteiger partial charge in [-0.05, 0) is 73.9 Å². The van der Waals surface area contributed by atoms with Crippen LogP contribution < -0.4 is 19.1 Å². The Bertz CT molecular complexity index is 1410. The van der Waals surface area contributed by atoms with Crippen LogP contribution >= 0.6 is 11.6 Å². The largest absolute Gasteiger partial charge is 0.507 e. The number of aliphatic hydroxyl groups is 1. The first-order chi connectivity index (χ1) is 17.7. The van der Waals surface area contributed by atoms with E-state index in [4.69, 9.17) is 25.8 Å². The van der Waals surface area contributed by atoms with Crippen molar-refractivity contribution >= 4 is 34.7 Å². The van der Waals surface area contributed by atoms with Crippen LogP contribution in [-0.4, -0.2) is 37.6 Å². The molecule has 1 heterocycles. The molecule has 1 aliphatic heterocycles. The van der Waals surface area contributed by atoms with Gasteiger partial charge in [0.2, 0.25) is 0 Å². The van der Waals surface area contributed by atoms with Crippen molar-refractivity contribution in [1.29, 1.82) is 0 Å². The summed E-state index contributed by atoms with van der Waals surface area (Å²) in [5.41, 5.74) is 3.05. The molecular formula is C29H28ClNO6. The highest BCUT2D eigenvalue weighted by molar-refractivity contribution is 6.52. The number of ketones is 1. The third-order valence-corrected chi connectivity index (χ3v) is 6.74. The average molecular weight is 522 g/mol. The van der Waals surface area contributed by atoms with Crippen LogP contribution in [0.1, 0.15) is 35.2 Å². The van der Waals surface area contributed by atoms with Gasteiger partial charge in [0.25, 0.3) is 11.7 Å². The highest BCUT2D eigenvalue weighted by atomic mass is 35.5. The number of hydrogen-bond acceptors (Lipinski definition) is 6. The molecule has 3 aromatic carbocycles. The summed E-state index contributed by atoms with van der Waals surface area (Å²) in [5.74, 6) is -0.693. The van der Waals surface area contributed by atoms with Gasteiger partial charge in [-0.2, -0.15) is 0 Å². The minimum absolute atomic E-state index is 0.0842. The van der Waals surface area contributed by atoms with Crippen molar-refractivity contribution in [3.63, 3.8) is 0 Å². The Kier molecular flexibility index (Phi) is 7.45. The van der Waals surface area contributed by atoms with Crippen LogP contribution in [-0.2, 0) is 9.59 Å². The van der Waals surface area contributed by atoms with E-state index >= 15 is 0 Å². The quantitative estimate of drug-likeness (QED) is 0.233. The van der Waals surface area contributed by atoms with Gasteiger partial charge in [-0.25, -0.2) is 0 Å². The third-order valence-electron chi connectivity index (χ3n) is 6.50. The molecule has 7 nitrogen and oxygen atoms in total. The van der Waals surface area contributed by atoms with E-state index in [2.05, 4.69) is 0 Å². The van der Waals surface area contributed by atoms with Crippen molar-refractivity contribution in [1.82, 2.24) is 0 Å². The highest BCUT2D eigenvalue weighted by Gasteiger charge is 2.48. The average Bonchev–Trinajstić information content (AvgIpc) is 3.15. The van der Waals surface area contributed by atoms with E-state index < -0.39 is 17.7 Å². The van der Waals surface area contributed by atoms with E-state index in [9.17, 15) is 14.7 Å². The SMILES string of the molecule is CCOc1cc(C2/C(=C(\O)c3cc(Cl)ccc3OC)C(=O)C(=O)N2c2cccc(C)c2C)ccc1OC. The van der Waals surface area contributed by atoms with Crippen molar-refractivity contribution < 1.29 is 28.9 Å². The summed E-state index contributed by atoms with van der Waals surface area (Å²) >= 11 is 6.21. The Morgan fingerprint density at radius 3 is 2.35 bits per heavy atom. The third kappa shape index (κ3) is 4.62. The molecule has 8 heteroatoms. The number of carbonyl (C=O) groups excluding carboxylic acids is 2. The zero-order valence-electron chi connectivity index (χ0n) is 21.3. The van der Waals surface area contributed by atoms with E-state index in [1.54, 1.807) is 36.4 Å². The van der Waals surface area contributed by atoms with Crippen molar-refractivity contribution in [2.45, 2.75) is 26.8 Å². The molecule has 192 valence electrons. The molecule has 0 aliphatic carbocycles. The maximum absolute atomic E-state index is 13.6. The first-order valence-corrected chi connectivity index (χ1v) is 12.1. The maximum Gasteiger partial charge on any atom is 0.300 e. The number of Topliss-reactive ketones (excluding diaryl/α,β-unsaturated/α-hetero) is 1. The molecule has 0 aromatic heterocycles. The van der Waals surface area contributed by atoms with Crippen LogP contribution in [0.15, 0.2) is 60.2 Å². The fourth-order valence-corrected chi connectivity index (χ4v) is 4.71. The number of aryl methyl sites for hydroxylation is 1. The first-order valence-electron chi connectivity index (χ1n) is 11.7. The van der Waals surface area contributed by atoms with Gasteiger partial charge in [-0.15, -0.1) is 0 Å². The molecule has 1 unspecified atom stereocenters. The van der Waals surface area contributed by atoms with E-state index in [-0.39, 0.29) is 16.9 Å². The van der Waals surface area contributed by atoms with Crippen molar-refractivity contribution in [2.75, 3.05) is 25.7 Å². The molecule has 1 saturated heterocycles. The number of benzene rings is 3. The summed E-state index contributed by atoms with van der Waals surface area (Å²) in [6.45, 7) is 6.05. The minimum Gasteiger partial charge on any atom is -0.507 e. The zero-order valence-corrected chi connectivity index (χ0v) is 22.1. The normalized spacial score (nSPS) is 16.7. The first kappa shape index (κ1) is 26.1. The summed E-state index contributed by atoms with van der Waals surface area (Å²) in [4.78, 5) is 28.6. The Morgan fingerprint density at radius 1 is 0.973 bits per heavy atom. The molecule has 0 radical (unpaired) electrons. The number of halogens is 1. The molecule has 1 atom stereocenters. The van der Waals surface area contributed by atoms with Gasteiger partial charge in [0.05, 0.1) is 38.0 Å². The number of nitrogens with zero attached hydrogens (tertiary/aromatic N) is 1. The standard InChI is InChI=1S/C29H28ClNO6/c1-6-37-24-14-18(10-12-23(24)36-5)26-25(27(32)20-15-19(30)11-13-22(20)35-4)28(33)29(34)31(26)21-9-7-8-16(2)17(21)3/h7-15,26,32H,6H2,1-5H3/b27-25+. The van der Waals surface area contributed by atoms with Gasteiger partial charge in [0.1, 0.15) is 11.5 Å². The highest BCUT2D eigenvalue weighted by Crippen LogP contribution is 2.46. The summed E-state index contributed by atoms with van der Waals surface area (Å²) in [6.07, 6.45) is 0. The van der Waals surface area contributed by atoms with E-state index in [1.165, 1.54) is 25.2 Å². The fourth-order valence-electron chi connectivity index (χ4n) is 4.53. The number of rotatable bonds is 7. The number of hydrogen-bond donors (Lipinski definition) is 1. The molecule has 1 amide bonds. The van der Waals surface area contributed by atoms with Gasteiger partial charge < -0.3 is 19.3 Å². The second-order valence-corrected chi connectivity index (χ2v) is 9.01. The van der Waals surface area contributed by atoms with Crippen LogP contribution in [0, 0.1) is 13.8 Å². The van der Waals surface area contributed by atoms with Crippen LogP contribution in [0.2, 0.25) is 5.02 Å². The maximum atomic E-state index is 13.6. The van der Waals surface area contributed by atoms with Crippen LogP contribution in [0.5, 0.6) is 17.2 Å². The monoisotopic (exact) mass is 521 g/mol. The van der Waals surface area contributed by atoms with Crippen LogP contribution in [0.25, 0.3) is 5.76 Å². The van der Waals surface area contributed by atoms with Gasteiger partial charge in [-0.1, -0.05) is 29.8 Å². The van der Waals surface area contributed by atoms with Crippen LogP contribution in [0.3, 0.4) is 0 Å². The van der Waals surface area contributed by atoms with Crippen molar-refractivity contribution in [3.05, 3.63) is 87.4 Å². The molecule has 0 bridgehead atoms. The van der Waals surface area contributed by atoms with Gasteiger partial charge in [0, 0.05) is 10.7 Å². The second-order valence-electron chi connectivity index (χ2n) is 8.58. The molecule has 4 rings (SSSR count).